The fraction of sp³-hybridized carbons (Fsp3) is 0.211. The van der Waals surface area contributed by atoms with Crippen LogP contribution in [0.2, 0.25) is 5.02 Å². The molecule has 0 saturated carbocycles. The zero-order chi connectivity index (χ0) is 16.7. The van der Waals surface area contributed by atoms with E-state index in [1.807, 2.05) is 25.1 Å². The van der Waals surface area contributed by atoms with E-state index in [1.165, 1.54) is 0 Å². The molecule has 0 atom stereocenters. The van der Waals surface area contributed by atoms with Gasteiger partial charge in [-0.1, -0.05) is 11.6 Å². The Morgan fingerprint density at radius 1 is 1.12 bits per heavy atom. The number of ether oxygens (including phenoxy) is 3. The number of halogens is 1. The van der Waals surface area contributed by atoms with E-state index in [4.69, 9.17) is 25.8 Å². The quantitative estimate of drug-likeness (QED) is 0.845. The van der Waals surface area contributed by atoms with Crippen molar-refractivity contribution in [2.45, 2.75) is 13.3 Å². The SMILES string of the molecule is CCOc1cc(Cl)ccc1C1=CC(=O)Cc2cc3c(cc21)OCO3. The van der Waals surface area contributed by atoms with Crippen molar-refractivity contribution in [3.8, 4) is 17.2 Å². The molecule has 2 aromatic rings. The van der Waals surface area contributed by atoms with E-state index in [9.17, 15) is 4.79 Å². The summed E-state index contributed by atoms with van der Waals surface area (Å²) in [7, 11) is 0. The average molecular weight is 343 g/mol. The molecule has 0 bridgehead atoms. The van der Waals surface area contributed by atoms with Crippen LogP contribution in [0, 0.1) is 0 Å². The highest BCUT2D eigenvalue weighted by Gasteiger charge is 2.25. The van der Waals surface area contributed by atoms with Crippen LogP contribution in [0.5, 0.6) is 17.2 Å². The summed E-state index contributed by atoms with van der Waals surface area (Å²) in [5, 5.41) is 0.593. The smallest absolute Gasteiger partial charge is 0.231 e. The molecule has 5 heteroatoms. The summed E-state index contributed by atoms with van der Waals surface area (Å²) in [5.41, 5.74) is 3.55. The largest absolute Gasteiger partial charge is 0.493 e. The molecule has 1 aliphatic carbocycles. The lowest BCUT2D eigenvalue weighted by Crippen LogP contribution is -2.10. The Balaban J connectivity index is 1.89. The first-order chi connectivity index (χ1) is 11.7. The minimum Gasteiger partial charge on any atom is -0.493 e. The zero-order valence-corrected chi connectivity index (χ0v) is 13.9. The fourth-order valence-corrected chi connectivity index (χ4v) is 3.24. The number of ketones is 1. The summed E-state index contributed by atoms with van der Waals surface area (Å²) in [6, 6.07) is 9.27. The molecule has 4 nitrogen and oxygen atoms in total. The average Bonchev–Trinajstić information content (AvgIpc) is 3.00. The van der Waals surface area contributed by atoms with Crippen LogP contribution in [-0.4, -0.2) is 19.2 Å². The molecule has 0 radical (unpaired) electrons. The molecule has 0 unspecified atom stereocenters. The highest BCUT2D eigenvalue weighted by atomic mass is 35.5. The van der Waals surface area contributed by atoms with Crippen LogP contribution < -0.4 is 14.2 Å². The molecule has 2 aromatic carbocycles. The van der Waals surface area contributed by atoms with Gasteiger partial charge in [-0.25, -0.2) is 0 Å². The standard InChI is InChI=1S/C19H15ClO4/c1-2-22-17-7-12(20)3-4-14(17)16-8-13(21)5-11-6-18-19(9-15(11)16)24-10-23-18/h3-4,6-9H,2,5,10H2,1H3. The Morgan fingerprint density at radius 3 is 2.71 bits per heavy atom. The summed E-state index contributed by atoms with van der Waals surface area (Å²) >= 11 is 6.09. The van der Waals surface area contributed by atoms with E-state index < -0.39 is 0 Å². The van der Waals surface area contributed by atoms with E-state index in [0.717, 1.165) is 22.3 Å². The van der Waals surface area contributed by atoms with E-state index in [-0.39, 0.29) is 12.6 Å². The maximum absolute atomic E-state index is 12.2. The first-order valence-electron chi connectivity index (χ1n) is 7.76. The number of hydrogen-bond donors (Lipinski definition) is 0. The van der Waals surface area contributed by atoms with Crippen molar-refractivity contribution in [1.82, 2.24) is 0 Å². The van der Waals surface area contributed by atoms with Gasteiger partial charge in [0.2, 0.25) is 6.79 Å². The predicted molar refractivity (Wildman–Crippen MR) is 91.0 cm³/mol. The molecule has 122 valence electrons. The molecule has 1 aliphatic heterocycles. The minimum absolute atomic E-state index is 0.0498. The van der Waals surface area contributed by atoms with Gasteiger partial charge < -0.3 is 14.2 Å². The van der Waals surface area contributed by atoms with Crippen molar-refractivity contribution >= 4 is 23.0 Å². The first kappa shape index (κ1) is 15.1. The third kappa shape index (κ3) is 2.53. The molecule has 0 saturated heterocycles. The van der Waals surface area contributed by atoms with Gasteiger partial charge in [0.25, 0.3) is 0 Å². The number of benzene rings is 2. The minimum atomic E-state index is 0.0498. The normalized spacial score (nSPS) is 15.1. The van der Waals surface area contributed by atoms with Crippen LogP contribution in [0.1, 0.15) is 23.6 Å². The van der Waals surface area contributed by atoms with Gasteiger partial charge in [0.15, 0.2) is 17.3 Å². The second-order valence-corrected chi connectivity index (χ2v) is 6.07. The Bertz CT molecular complexity index is 870. The number of hydrogen-bond acceptors (Lipinski definition) is 4. The van der Waals surface area contributed by atoms with Crippen molar-refractivity contribution in [2.24, 2.45) is 0 Å². The molecular formula is C19H15ClO4. The number of carbonyl (C=O) groups is 1. The first-order valence-corrected chi connectivity index (χ1v) is 8.13. The lowest BCUT2D eigenvalue weighted by molar-refractivity contribution is -0.114. The molecule has 0 amide bonds. The fourth-order valence-electron chi connectivity index (χ4n) is 3.07. The highest BCUT2D eigenvalue weighted by molar-refractivity contribution is 6.30. The van der Waals surface area contributed by atoms with Gasteiger partial charge in [0, 0.05) is 17.0 Å². The lowest BCUT2D eigenvalue weighted by Gasteiger charge is -2.20. The third-order valence-electron chi connectivity index (χ3n) is 4.09. The second-order valence-electron chi connectivity index (χ2n) is 5.64. The molecule has 0 aromatic heterocycles. The Hall–Kier alpha value is -2.46. The molecule has 1 heterocycles. The van der Waals surface area contributed by atoms with Gasteiger partial charge in [-0.2, -0.15) is 0 Å². The number of fused-ring (bicyclic) bond motifs is 2. The summed E-state index contributed by atoms with van der Waals surface area (Å²) in [5.74, 6) is 2.09. The molecule has 4 rings (SSSR count). The second kappa shape index (κ2) is 5.87. The molecular weight excluding hydrogens is 328 g/mol. The van der Waals surface area contributed by atoms with Crippen LogP contribution in [0.25, 0.3) is 5.57 Å². The highest BCUT2D eigenvalue weighted by Crippen LogP contribution is 2.42. The monoisotopic (exact) mass is 342 g/mol. The van der Waals surface area contributed by atoms with Crippen molar-refractivity contribution in [3.05, 3.63) is 58.1 Å². The van der Waals surface area contributed by atoms with E-state index in [2.05, 4.69) is 0 Å². The van der Waals surface area contributed by atoms with Gasteiger partial charge >= 0.3 is 0 Å². The molecule has 0 fully saturated rings. The van der Waals surface area contributed by atoms with Gasteiger partial charge in [0.05, 0.1) is 6.61 Å². The van der Waals surface area contributed by atoms with E-state index in [1.54, 1.807) is 18.2 Å². The number of allylic oxidation sites excluding steroid dienone is 1. The Morgan fingerprint density at radius 2 is 1.92 bits per heavy atom. The van der Waals surface area contributed by atoms with Crippen LogP contribution in [-0.2, 0) is 11.2 Å². The Labute approximate surface area is 144 Å². The topological polar surface area (TPSA) is 44.8 Å². The summed E-state index contributed by atoms with van der Waals surface area (Å²) in [6.07, 6.45) is 2.02. The maximum atomic E-state index is 12.2. The zero-order valence-electron chi connectivity index (χ0n) is 13.1. The number of carbonyl (C=O) groups excluding carboxylic acids is 1. The lowest BCUT2D eigenvalue weighted by atomic mass is 9.85. The molecule has 0 N–H and O–H groups in total. The van der Waals surface area contributed by atoms with Crippen molar-refractivity contribution in [1.29, 1.82) is 0 Å². The van der Waals surface area contributed by atoms with E-state index >= 15 is 0 Å². The predicted octanol–water partition coefficient (Wildman–Crippen LogP) is 4.02. The van der Waals surface area contributed by atoms with Crippen molar-refractivity contribution in [2.75, 3.05) is 13.4 Å². The van der Waals surface area contributed by atoms with Crippen molar-refractivity contribution in [3.63, 3.8) is 0 Å². The summed E-state index contributed by atoms with van der Waals surface area (Å²) < 4.78 is 16.6. The van der Waals surface area contributed by atoms with Gasteiger partial charge in [-0.05, 0) is 60.0 Å². The van der Waals surface area contributed by atoms with Crippen LogP contribution in [0.3, 0.4) is 0 Å². The molecule has 2 aliphatic rings. The Kier molecular flexibility index (Phi) is 3.69. The van der Waals surface area contributed by atoms with Gasteiger partial charge in [-0.15, -0.1) is 0 Å². The van der Waals surface area contributed by atoms with Crippen molar-refractivity contribution < 1.29 is 19.0 Å². The van der Waals surface area contributed by atoms with Gasteiger partial charge in [0.1, 0.15) is 5.75 Å². The molecule has 0 spiro atoms. The van der Waals surface area contributed by atoms with Crippen LogP contribution >= 0.6 is 11.6 Å². The number of rotatable bonds is 3. The maximum Gasteiger partial charge on any atom is 0.231 e. The summed E-state index contributed by atoms with van der Waals surface area (Å²) in [6.45, 7) is 2.63. The summed E-state index contributed by atoms with van der Waals surface area (Å²) in [4.78, 5) is 12.2. The third-order valence-corrected chi connectivity index (χ3v) is 4.33. The molecule has 24 heavy (non-hydrogen) atoms. The van der Waals surface area contributed by atoms with Crippen LogP contribution in [0.15, 0.2) is 36.4 Å². The van der Waals surface area contributed by atoms with Crippen LogP contribution in [0.4, 0.5) is 0 Å². The van der Waals surface area contributed by atoms with Gasteiger partial charge in [-0.3, -0.25) is 4.79 Å². The van der Waals surface area contributed by atoms with E-state index in [0.29, 0.717) is 35.3 Å².